The molecule has 1 aliphatic carbocycles. The lowest BCUT2D eigenvalue weighted by atomic mass is 9.77. The molecule has 6 rings (SSSR count). The van der Waals surface area contributed by atoms with Crippen LogP contribution in [0.1, 0.15) is 40.0 Å². The third-order valence-corrected chi connectivity index (χ3v) is 7.68. The topological polar surface area (TPSA) is 101 Å². The Balaban J connectivity index is 0.000000142. The molecule has 182 valence electrons. The molecule has 3 fully saturated rings. The van der Waals surface area contributed by atoms with E-state index < -0.39 is 0 Å². The van der Waals surface area contributed by atoms with E-state index in [1.165, 1.54) is 16.7 Å². The second kappa shape index (κ2) is 10.00. The lowest BCUT2D eigenvalue weighted by molar-refractivity contribution is -0.135. The molecule has 4 heterocycles. The molecule has 8 nitrogen and oxygen atoms in total. The summed E-state index contributed by atoms with van der Waals surface area (Å²) < 4.78 is 10.2. The maximum atomic E-state index is 11.5. The number of piperazine rings is 2. The highest BCUT2D eigenvalue weighted by Crippen LogP contribution is 2.37. The van der Waals surface area contributed by atoms with Crippen LogP contribution in [0.4, 0.5) is 0 Å². The Morgan fingerprint density at radius 2 is 1.62 bits per heavy atom. The van der Waals surface area contributed by atoms with E-state index >= 15 is 0 Å². The van der Waals surface area contributed by atoms with Crippen LogP contribution in [0.25, 0.3) is 0 Å². The number of carbonyl (C=O) groups is 2. The molecule has 4 atom stereocenters. The summed E-state index contributed by atoms with van der Waals surface area (Å²) in [5.41, 5.74) is 6.49. The van der Waals surface area contributed by atoms with Crippen LogP contribution in [0, 0.1) is 18.8 Å². The summed E-state index contributed by atoms with van der Waals surface area (Å²) in [5, 5.41) is 13.8. The predicted molar refractivity (Wildman–Crippen MR) is 128 cm³/mol. The maximum absolute atomic E-state index is 11.5. The highest BCUT2D eigenvalue weighted by atomic mass is 16.5. The molecule has 2 unspecified atom stereocenters. The van der Waals surface area contributed by atoms with Gasteiger partial charge >= 0.3 is 11.9 Å². The highest BCUT2D eigenvalue weighted by molar-refractivity contribution is 5.94. The van der Waals surface area contributed by atoms with Crippen LogP contribution in [-0.4, -0.2) is 63.9 Å². The summed E-state index contributed by atoms with van der Waals surface area (Å²) >= 11 is 0. The first kappa shape index (κ1) is 23.2. The first-order valence-electron chi connectivity index (χ1n) is 12.3. The van der Waals surface area contributed by atoms with Crippen molar-refractivity contribution in [3.8, 4) is 0 Å². The molecule has 34 heavy (non-hydrogen) atoms. The number of benzene rings is 1. The number of rotatable bonds is 2. The zero-order chi connectivity index (χ0) is 23.7. The predicted octanol–water partition coefficient (Wildman–Crippen LogP) is 1.12. The molecule has 0 spiro atoms. The van der Waals surface area contributed by atoms with Crippen LogP contribution in [0.2, 0.25) is 0 Å². The number of cyclic esters (lactones) is 2. The van der Waals surface area contributed by atoms with Gasteiger partial charge in [-0.25, -0.2) is 9.59 Å². The van der Waals surface area contributed by atoms with Gasteiger partial charge in [-0.3, -0.25) is 0 Å². The number of hydrogen-bond acceptors (Lipinski definition) is 8. The van der Waals surface area contributed by atoms with Crippen LogP contribution in [-0.2, 0) is 20.9 Å². The van der Waals surface area contributed by atoms with Crippen LogP contribution in [0.15, 0.2) is 35.4 Å². The fourth-order valence-corrected chi connectivity index (χ4v) is 5.61. The van der Waals surface area contributed by atoms with Crippen LogP contribution in [0.5, 0.6) is 0 Å². The van der Waals surface area contributed by atoms with E-state index in [0.29, 0.717) is 31.2 Å². The third kappa shape index (κ3) is 4.43. The van der Waals surface area contributed by atoms with Crippen molar-refractivity contribution in [3.63, 3.8) is 0 Å². The minimum Gasteiger partial charge on any atom is -0.462 e. The quantitative estimate of drug-likeness (QED) is 0.482. The number of esters is 2. The molecule has 4 aliphatic heterocycles. The summed E-state index contributed by atoms with van der Waals surface area (Å²) in [4.78, 5) is 22.9. The van der Waals surface area contributed by atoms with Gasteiger partial charge in [-0.2, -0.15) is 0 Å². The lowest BCUT2D eigenvalue weighted by Crippen LogP contribution is -2.50. The summed E-state index contributed by atoms with van der Waals surface area (Å²) in [6, 6.07) is 4.67. The summed E-state index contributed by atoms with van der Waals surface area (Å²) in [5.74, 6) is 0.321. The van der Waals surface area contributed by atoms with Crippen LogP contribution in [0.3, 0.4) is 0 Å². The number of carbonyl (C=O) groups excluding carboxylic acids is 2. The number of ether oxygens (including phenoxy) is 2. The van der Waals surface area contributed by atoms with Gasteiger partial charge in [0.25, 0.3) is 0 Å². The first-order chi connectivity index (χ1) is 16.5. The maximum Gasteiger partial charge on any atom is 0.338 e. The number of hydrogen-bond donors (Lipinski definition) is 4. The minimum absolute atomic E-state index is 0.133. The van der Waals surface area contributed by atoms with Gasteiger partial charge in [-0.05, 0) is 35.6 Å². The van der Waals surface area contributed by atoms with E-state index in [2.05, 4.69) is 41.2 Å². The molecule has 0 radical (unpaired) electrons. The summed E-state index contributed by atoms with van der Waals surface area (Å²) in [6.45, 7) is 11.2. The molecule has 1 aromatic rings. The second-order valence-electron chi connectivity index (χ2n) is 9.59. The average Bonchev–Trinajstić information content (AvgIpc) is 3.45. The van der Waals surface area contributed by atoms with Gasteiger partial charge in [0.15, 0.2) is 0 Å². The van der Waals surface area contributed by atoms with Crippen molar-refractivity contribution >= 4 is 11.9 Å². The fraction of sp³-hybridized carbons (Fsp3) is 0.538. The Kier molecular flexibility index (Phi) is 6.83. The van der Waals surface area contributed by atoms with E-state index in [1.54, 1.807) is 0 Å². The first-order valence-corrected chi connectivity index (χ1v) is 12.3. The molecule has 1 aromatic carbocycles. The largest absolute Gasteiger partial charge is 0.462 e. The third-order valence-electron chi connectivity index (χ3n) is 7.68. The summed E-state index contributed by atoms with van der Waals surface area (Å²) in [7, 11) is 0. The Labute approximate surface area is 200 Å². The monoisotopic (exact) mass is 466 g/mol. The lowest BCUT2D eigenvalue weighted by Gasteiger charge is -2.33. The van der Waals surface area contributed by atoms with Crippen molar-refractivity contribution in [3.05, 3.63) is 57.7 Å². The number of nitrogens with one attached hydrogen (secondary N) is 4. The number of allylic oxidation sites excluding steroid dienone is 2. The SMILES string of the molecule is CC1C([C@H]2CNCCN2)=CC=C2C(=O)OCC21.Cc1c([C@@H]2CNCCN2)ccc2c1COC2=O. The molecule has 0 amide bonds. The molecule has 0 saturated carbocycles. The van der Waals surface area contributed by atoms with Gasteiger partial charge in [0.2, 0.25) is 0 Å². The van der Waals surface area contributed by atoms with Crippen molar-refractivity contribution in [1.82, 2.24) is 21.3 Å². The van der Waals surface area contributed by atoms with Gasteiger partial charge in [-0.1, -0.05) is 25.1 Å². The fourth-order valence-electron chi connectivity index (χ4n) is 5.61. The molecular formula is C26H34N4O4. The summed E-state index contributed by atoms with van der Waals surface area (Å²) in [6.07, 6.45) is 4.05. The van der Waals surface area contributed by atoms with Crippen molar-refractivity contribution < 1.29 is 19.1 Å². The normalized spacial score (nSPS) is 30.2. The molecule has 8 heteroatoms. The molecule has 3 saturated heterocycles. The highest BCUT2D eigenvalue weighted by Gasteiger charge is 2.39. The number of fused-ring (bicyclic) bond motifs is 2. The Morgan fingerprint density at radius 1 is 0.882 bits per heavy atom. The van der Waals surface area contributed by atoms with Crippen LogP contribution >= 0.6 is 0 Å². The standard InChI is InChI=1S/C13H18N2O2.C13H16N2O2/c2*1-8-9(12-6-14-4-5-15-12)2-3-10-11(8)7-17-13(10)16/h2-3,8,11-12,14-15H,4-7H2,1H3;2-3,12,14-15H,4-7H2,1H3/t8?,11?,12-;12-/m10/s1. The molecule has 4 N–H and O–H groups in total. The van der Waals surface area contributed by atoms with Crippen molar-refractivity contribution in [2.75, 3.05) is 45.9 Å². The molecule has 5 aliphatic rings. The van der Waals surface area contributed by atoms with Crippen molar-refractivity contribution in [2.24, 2.45) is 11.8 Å². The molecular weight excluding hydrogens is 432 g/mol. The van der Waals surface area contributed by atoms with Crippen LogP contribution < -0.4 is 21.3 Å². The Morgan fingerprint density at radius 3 is 2.32 bits per heavy atom. The van der Waals surface area contributed by atoms with E-state index in [9.17, 15) is 9.59 Å². The molecule has 0 aromatic heterocycles. The van der Waals surface area contributed by atoms with Gasteiger partial charge in [0.05, 0.1) is 12.2 Å². The zero-order valence-electron chi connectivity index (χ0n) is 19.9. The Bertz CT molecular complexity index is 1020. The second-order valence-corrected chi connectivity index (χ2v) is 9.59. The van der Waals surface area contributed by atoms with E-state index in [1.807, 2.05) is 18.2 Å². The minimum atomic E-state index is -0.190. The van der Waals surface area contributed by atoms with E-state index in [-0.39, 0.29) is 17.9 Å². The van der Waals surface area contributed by atoms with Crippen molar-refractivity contribution in [1.29, 1.82) is 0 Å². The van der Waals surface area contributed by atoms with E-state index in [4.69, 9.17) is 9.47 Å². The molecule has 0 bridgehead atoms. The van der Waals surface area contributed by atoms with Gasteiger partial charge < -0.3 is 30.7 Å². The van der Waals surface area contributed by atoms with Crippen molar-refractivity contribution in [2.45, 2.75) is 32.5 Å². The van der Waals surface area contributed by atoms with Gasteiger partial charge in [0.1, 0.15) is 6.61 Å². The van der Waals surface area contributed by atoms with Gasteiger partial charge in [0, 0.05) is 68.4 Å². The smallest absolute Gasteiger partial charge is 0.338 e. The van der Waals surface area contributed by atoms with E-state index in [0.717, 1.165) is 56.0 Å². The van der Waals surface area contributed by atoms with Gasteiger partial charge in [-0.15, -0.1) is 0 Å². The zero-order valence-corrected chi connectivity index (χ0v) is 19.9. The average molecular weight is 467 g/mol. The Hall–Kier alpha value is -2.52.